The molecule has 1 aliphatic rings. The van der Waals surface area contributed by atoms with Crippen molar-refractivity contribution < 1.29 is 4.74 Å². The fraction of sp³-hybridized carbons (Fsp3) is 0.0909. The van der Waals surface area contributed by atoms with Crippen LogP contribution in [0.5, 0.6) is 5.75 Å². The topological polar surface area (TPSA) is 9.23 Å². The van der Waals surface area contributed by atoms with Crippen molar-refractivity contribution in [3.63, 3.8) is 0 Å². The average Bonchev–Trinajstić information content (AvgIpc) is 2.64. The van der Waals surface area contributed by atoms with E-state index in [-0.39, 0.29) is 8.82 Å². The number of allylic oxidation sites excluding steroid dienone is 2. The molecule has 1 unspecified atom stereocenters. The molecule has 1 atom stereocenters. The van der Waals surface area contributed by atoms with Crippen molar-refractivity contribution >= 4 is 28.1 Å². The Bertz CT molecular complexity index is 435. The number of hydrogen-bond donors (Lipinski definition) is 0. The van der Waals surface area contributed by atoms with Gasteiger partial charge in [-0.25, -0.2) is 0 Å². The summed E-state index contributed by atoms with van der Waals surface area (Å²) >= 11 is 3.16. The molecule has 1 nitrogen and oxygen atoms in total. The van der Waals surface area contributed by atoms with Crippen molar-refractivity contribution in [1.29, 1.82) is 0 Å². The summed E-state index contributed by atoms with van der Waals surface area (Å²) in [6.45, 7) is 0. The molecule has 2 rings (SSSR count). The van der Waals surface area contributed by atoms with E-state index in [1.54, 1.807) is 7.11 Å². The van der Waals surface area contributed by atoms with Gasteiger partial charge < -0.3 is 0 Å². The van der Waals surface area contributed by atoms with E-state index >= 15 is 0 Å². The molecular formula is C11H10OSSe. The van der Waals surface area contributed by atoms with Gasteiger partial charge in [0.05, 0.1) is 0 Å². The van der Waals surface area contributed by atoms with Crippen LogP contribution in [0, 0.1) is 0 Å². The van der Waals surface area contributed by atoms with E-state index < -0.39 is 0 Å². The van der Waals surface area contributed by atoms with Crippen molar-refractivity contribution in [2.75, 3.05) is 7.11 Å². The second-order valence-electron chi connectivity index (χ2n) is 2.86. The van der Waals surface area contributed by atoms with Gasteiger partial charge in [0.1, 0.15) is 0 Å². The van der Waals surface area contributed by atoms with Crippen molar-refractivity contribution in [2.24, 2.45) is 0 Å². The predicted octanol–water partition coefficient (Wildman–Crippen LogP) is 2.92. The van der Waals surface area contributed by atoms with E-state index in [0.29, 0.717) is 0 Å². The first kappa shape index (κ1) is 9.91. The van der Waals surface area contributed by atoms with Crippen LogP contribution in [0.25, 0.3) is 4.91 Å². The normalized spacial score (nSPS) is 19.5. The molecule has 0 saturated carbocycles. The second-order valence-corrected chi connectivity index (χ2v) is 6.42. The van der Waals surface area contributed by atoms with Crippen LogP contribution >= 0.6 is 8.82 Å². The molecule has 0 bridgehead atoms. The Morgan fingerprint density at radius 1 is 1.29 bits per heavy atom. The standard InChI is InChI=1S/C11H10OSSe/c1-12-10-6-3-2-5-9(10)11-7-4-8-13(11)14/h2-8H,1H3. The van der Waals surface area contributed by atoms with Gasteiger partial charge in [0.25, 0.3) is 0 Å². The number of para-hydroxylation sites is 1. The van der Waals surface area contributed by atoms with Gasteiger partial charge in [-0.2, -0.15) is 0 Å². The molecule has 1 aromatic rings. The molecule has 1 heterocycles. The molecule has 0 amide bonds. The van der Waals surface area contributed by atoms with Gasteiger partial charge in [0.15, 0.2) is 0 Å². The maximum absolute atomic E-state index is 5.33. The molecule has 0 aliphatic carbocycles. The third-order valence-electron chi connectivity index (χ3n) is 2.04. The first-order chi connectivity index (χ1) is 6.83. The third kappa shape index (κ3) is 1.76. The molecule has 0 spiro atoms. The molecule has 0 fully saturated rings. The summed E-state index contributed by atoms with van der Waals surface area (Å²) in [4.78, 5) is 1.31. The van der Waals surface area contributed by atoms with Crippen LogP contribution < -0.4 is 4.74 Å². The zero-order valence-corrected chi connectivity index (χ0v) is 10.3. The molecule has 0 radical (unpaired) electrons. The predicted molar refractivity (Wildman–Crippen MR) is 63.5 cm³/mol. The number of rotatable bonds is 2. The molecule has 14 heavy (non-hydrogen) atoms. The van der Waals surface area contributed by atoms with Crippen LogP contribution in [-0.2, 0) is 0 Å². The summed E-state index contributed by atoms with van der Waals surface area (Å²) in [5.41, 5.74) is 1.18. The van der Waals surface area contributed by atoms with Crippen LogP contribution in [0.15, 0.2) is 41.8 Å². The summed E-state index contributed by atoms with van der Waals surface area (Å²) in [5, 5.41) is 2.17. The van der Waals surface area contributed by atoms with Crippen LogP contribution in [0.1, 0.15) is 5.56 Å². The Hall–Kier alpha value is -0.631. The van der Waals surface area contributed by atoms with Crippen molar-refractivity contribution in [1.82, 2.24) is 0 Å². The van der Waals surface area contributed by atoms with Gasteiger partial charge in [0, 0.05) is 0 Å². The zero-order valence-electron chi connectivity index (χ0n) is 7.77. The van der Waals surface area contributed by atoms with E-state index in [1.807, 2.05) is 18.2 Å². The minimum atomic E-state index is 0.102. The van der Waals surface area contributed by atoms with Crippen LogP contribution in [-0.4, -0.2) is 21.5 Å². The molecule has 1 aromatic carbocycles. The van der Waals surface area contributed by atoms with E-state index in [1.165, 1.54) is 10.5 Å². The minimum absolute atomic E-state index is 0.102. The zero-order chi connectivity index (χ0) is 9.97. The summed E-state index contributed by atoms with van der Waals surface area (Å²) in [6.07, 6.45) is 4.22. The summed E-state index contributed by atoms with van der Waals surface area (Å²) in [7, 11) is 1.81. The molecular weight excluding hydrogens is 259 g/mol. The van der Waals surface area contributed by atoms with E-state index in [2.05, 4.69) is 38.0 Å². The molecule has 72 valence electrons. The van der Waals surface area contributed by atoms with Crippen molar-refractivity contribution in [3.05, 3.63) is 47.4 Å². The first-order valence-corrected chi connectivity index (χ1v) is 7.56. The molecule has 0 saturated heterocycles. The molecule has 0 N–H and O–H groups in total. The number of methoxy groups -OCH3 is 1. The molecule has 0 aromatic heterocycles. The van der Waals surface area contributed by atoms with E-state index in [4.69, 9.17) is 4.74 Å². The van der Waals surface area contributed by atoms with E-state index in [0.717, 1.165) is 5.75 Å². The fourth-order valence-electron chi connectivity index (χ4n) is 1.38. The monoisotopic (exact) mass is 270 g/mol. The third-order valence-corrected chi connectivity index (χ3v) is 5.06. The van der Waals surface area contributed by atoms with Gasteiger partial charge in [-0.05, 0) is 0 Å². The SMILES string of the molecule is COc1ccccc1C1=CC=CS1=[Se]. The average molecular weight is 269 g/mol. The molecule has 1 aliphatic heterocycles. The van der Waals surface area contributed by atoms with Gasteiger partial charge in [-0.1, -0.05) is 0 Å². The first-order valence-electron chi connectivity index (χ1n) is 4.25. The Kier molecular flexibility index (Phi) is 3.02. The van der Waals surface area contributed by atoms with Crippen LogP contribution in [0.3, 0.4) is 0 Å². The van der Waals surface area contributed by atoms with Gasteiger partial charge in [-0.3, -0.25) is 0 Å². The van der Waals surface area contributed by atoms with Crippen LogP contribution in [0.4, 0.5) is 0 Å². The summed E-state index contributed by atoms with van der Waals surface area (Å²) in [6, 6.07) is 8.11. The second kappa shape index (κ2) is 4.26. The van der Waals surface area contributed by atoms with Crippen LogP contribution in [0.2, 0.25) is 0 Å². The Morgan fingerprint density at radius 3 is 2.71 bits per heavy atom. The van der Waals surface area contributed by atoms with Crippen molar-refractivity contribution in [3.8, 4) is 5.75 Å². The van der Waals surface area contributed by atoms with Gasteiger partial charge >= 0.3 is 93.1 Å². The number of hydrogen-bond acceptors (Lipinski definition) is 1. The Morgan fingerprint density at radius 2 is 2.07 bits per heavy atom. The van der Waals surface area contributed by atoms with E-state index in [9.17, 15) is 0 Å². The Balaban J connectivity index is 2.47. The fourth-order valence-corrected chi connectivity index (χ4v) is 3.67. The molecule has 3 heteroatoms. The Labute approximate surface area is 93.1 Å². The quantitative estimate of drug-likeness (QED) is 0.750. The number of benzene rings is 1. The van der Waals surface area contributed by atoms with Crippen molar-refractivity contribution in [2.45, 2.75) is 0 Å². The summed E-state index contributed by atoms with van der Waals surface area (Å²) < 4.78 is 5.33. The summed E-state index contributed by atoms with van der Waals surface area (Å²) in [5.74, 6) is 0.940. The maximum atomic E-state index is 5.33. The van der Waals surface area contributed by atoms with Gasteiger partial charge in [0.2, 0.25) is 0 Å². The van der Waals surface area contributed by atoms with Gasteiger partial charge in [-0.15, -0.1) is 0 Å². The number of ether oxygens (including phenoxy) is 1.